The van der Waals surface area contributed by atoms with Gasteiger partial charge in [0, 0.05) is 45.6 Å². The van der Waals surface area contributed by atoms with Crippen LogP contribution < -0.4 is 28.6 Å². The van der Waals surface area contributed by atoms with Crippen LogP contribution in [-0.4, -0.2) is 94.3 Å². The molecule has 0 amide bonds. The van der Waals surface area contributed by atoms with Gasteiger partial charge in [-0.1, -0.05) is 75.3 Å². The number of ether oxygens (including phenoxy) is 7. The quantitative estimate of drug-likeness (QED) is 0.0270. The number of nitrogens with zero attached hydrogens (tertiary/aromatic N) is 2. The largest absolute Gasteiger partial charge is 0.466 e. The summed E-state index contributed by atoms with van der Waals surface area (Å²) in [5.41, 5.74) is 4.93. The van der Waals surface area contributed by atoms with Crippen molar-refractivity contribution in [3.05, 3.63) is 179 Å². The predicted octanol–water partition coefficient (Wildman–Crippen LogP) is 12.6. The molecule has 1 aliphatic heterocycles. The third-order valence-electron chi connectivity index (χ3n) is 13.1. The Morgan fingerprint density at radius 3 is 1.26 bits per heavy atom. The number of hydrogen-bond acceptors (Lipinski definition) is 15. The molecule has 1 aliphatic rings. The normalized spacial score (nSPS) is 12.1. The molecule has 6 aromatic rings. The monoisotopic (exact) mass is 1090 g/mol. The summed E-state index contributed by atoms with van der Waals surface area (Å²) in [6, 6.07) is 40.6. The van der Waals surface area contributed by atoms with E-state index in [4.69, 9.17) is 33.2 Å². The lowest BCUT2D eigenvalue weighted by atomic mass is 10.0. The van der Waals surface area contributed by atoms with Gasteiger partial charge < -0.3 is 43.0 Å². The zero-order chi connectivity index (χ0) is 56.9. The average Bonchev–Trinajstić information content (AvgIpc) is 3.48. The number of likely N-dealkylation sites (N-methyl/N-ethyl adjacent to an activating group) is 1. The van der Waals surface area contributed by atoms with E-state index < -0.39 is 35.8 Å². The summed E-state index contributed by atoms with van der Waals surface area (Å²) in [6.45, 7) is 9.14. The van der Waals surface area contributed by atoms with Crippen LogP contribution in [0.3, 0.4) is 0 Å². The van der Waals surface area contributed by atoms with Gasteiger partial charge in [0.15, 0.2) is 0 Å². The molecule has 15 heteroatoms. The van der Waals surface area contributed by atoms with Crippen molar-refractivity contribution >= 4 is 41.5 Å². The molecular formula is C65H74N2O13. The van der Waals surface area contributed by atoms with E-state index in [-0.39, 0.29) is 29.9 Å². The van der Waals surface area contributed by atoms with Gasteiger partial charge in [-0.3, -0.25) is 9.59 Å². The first-order valence-electron chi connectivity index (χ1n) is 27.6. The molecule has 0 spiro atoms. The Hall–Kier alpha value is -8.14. The van der Waals surface area contributed by atoms with Crippen LogP contribution in [0.5, 0.6) is 28.7 Å². The standard InChI is InChI=1S/C36H42N2O9.C29H32O4/c1-37-21-23-38(24-22-37)29-11-17-32(18-12-29)47-36(42)28-9-15-31(16-10-28)46-35(41)27-7-13-30(14-8-27)45-34(40)20-19-33(39)44-26-6-4-3-5-25-43-2;1-3-4-5-6-7-8-9-23-12-16-25(17-13-23)29(31)33-27-20-18-26(19-21-27)32-28(30)24-14-10-22(2)11-15-24/h7-18H,3-6,19-26H2,1-2H3;10-21H,3-9H2,1-2H3. The van der Waals surface area contributed by atoms with Crippen molar-refractivity contribution in [2.75, 3.05) is 58.5 Å². The lowest BCUT2D eigenvalue weighted by Gasteiger charge is -2.34. The van der Waals surface area contributed by atoms with Gasteiger partial charge in [-0.25, -0.2) is 19.2 Å². The number of carbonyl (C=O) groups excluding carboxylic acids is 6. The van der Waals surface area contributed by atoms with Crippen molar-refractivity contribution in [2.45, 2.75) is 97.3 Å². The van der Waals surface area contributed by atoms with Crippen LogP contribution in [0.2, 0.25) is 0 Å². The van der Waals surface area contributed by atoms with Crippen molar-refractivity contribution in [3.8, 4) is 28.7 Å². The first kappa shape index (κ1) is 61.1. The highest BCUT2D eigenvalue weighted by Gasteiger charge is 2.17. The van der Waals surface area contributed by atoms with Crippen LogP contribution in [0, 0.1) is 6.92 Å². The summed E-state index contributed by atoms with van der Waals surface area (Å²) >= 11 is 0. The number of anilines is 1. The fourth-order valence-electron chi connectivity index (χ4n) is 8.30. The van der Waals surface area contributed by atoms with Gasteiger partial charge in [-0.15, -0.1) is 0 Å². The Labute approximate surface area is 470 Å². The van der Waals surface area contributed by atoms with Crippen LogP contribution in [-0.2, 0) is 25.5 Å². The van der Waals surface area contributed by atoms with E-state index in [0.717, 1.165) is 76.1 Å². The smallest absolute Gasteiger partial charge is 0.343 e. The Bertz CT molecular complexity index is 2860. The van der Waals surface area contributed by atoms with Gasteiger partial charge in [0.2, 0.25) is 0 Å². The molecule has 1 fully saturated rings. The molecule has 0 aromatic heterocycles. The molecule has 15 nitrogen and oxygen atoms in total. The predicted molar refractivity (Wildman–Crippen MR) is 306 cm³/mol. The van der Waals surface area contributed by atoms with Gasteiger partial charge >= 0.3 is 35.8 Å². The van der Waals surface area contributed by atoms with E-state index in [9.17, 15) is 28.8 Å². The molecule has 0 N–H and O–H groups in total. The first-order valence-corrected chi connectivity index (χ1v) is 27.6. The molecule has 0 unspecified atom stereocenters. The zero-order valence-corrected chi connectivity index (χ0v) is 46.5. The summed E-state index contributed by atoms with van der Waals surface area (Å²) in [5, 5.41) is 0. The lowest BCUT2D eigenvalue weighted by Crippen LogP contribution is -2.44. The van der Waals surface area contributed by atoms with Gasteiger partial charge in [0.05, 0.1) is 41.7 Å². The summed E-state index contributed by atoms with van der Waals surface area (Å²) in [5.74, 6) is -1.33. The zero-order valence-electron chi connectivity index (χ0n) is 46.5. The molecule has 6 aromatic carbocycles. The molecular weight excluding hydrogens is 1020 g/mol. The van der Waals surface area contributed by atoms with Crippen LogP contribution >= 0.6 is 0 Å². The van der Waals surface area contributed by atoms with E-state index in [2.05, 4.69) is 23.8 Å². The van der Waals surface area contributed by atoms with Gasteiger partial charge in [-0.2, -0.15) is 0 Å². The number of methoxy groups -OCH3 is 1. The molecule has 0 radical (unpaired) electrons. The molecule has 0 aliphatic carbocycles. The Balaban J connectivity index is 0.000000274. The maximum absolute atomic E-state index is 12.7. The number of rotatable bonds is 27. The van der Waals surface area contributed by atoms with Gasteiger partial charge in [0.25, 0.3) is 0 Å². The van der Waals surface area contributed by atoms with Crippen molar-refractivity contribution in [1.82, 2.24) is 4.90 Å². The summed E-state index contributed by atoms with van der Waals surface area (Å²) in [4.78, 5) is 78.6. The van der Waals surface area contributed by atoms with Crippen LogP contribution in [0.1, 0.15) is 137 Å². The molecule has 80 heavy (non-hydrogen) atoms. The van der Waals surface area contributed by atoms with Crippen molar-refractivity contribution in [1.29, 1.82) is 0 Å². The third kappa shape index (κ3) is 21.6. The number of esters is 6. The Kier molecular flexibility index (Phi) is 25.4. The number of aryl methyl sites for hydroxylation is 2. The van der Waals surface area contributed by atoms with E-state index in [1.165, 1.54) is 92.6 Å². The first-order chi connectivity index (χ1) is 38.8. The van der Waals surface area contributed by atoms with E-state index >= 15 is 0 Å². The molecule has 0 saturated carbocycles. The topological polar surface area (TPSA) is 174 Å². The number of piperazine rings is 1. The van der Waals surface area contributed by atoms with Gasteiger partial charge in [0.1, 0.15) is 28.7 Å². The van der Waals surface area contributed by atoms with Crippen molar-refractivity contribution in [3.63, 3.8) is 0 Å². The second-order valence-electron chi connectivity index (χ2n) is 19.5. The minimum atomic E-state index is -0.625. The highest BCUT2D eigenvalue weighted by Crippen LogP contribution is 2.24. The van der Waals surface area contributed by atoms with Crippen molar-refractivity contribution in [2.24, 2.45) is 0 Å². The number of hydrogen-bond donors (Lipinski definition) is 0. The summed E-state index contributed by atoms with van der Waals surface area (Å²) in [6.07, 6.45) is 12.1. The van der Waals surface area contributed by atoms with Gasteiger partial charge in [-0.05, 0) is 173 Å². The highest BCUT2D eigenvalue weighted by molar-refractivity contribution is 5.93. The van der Waals surface area contributed by atoms with Crippen LogP contribution in [0.15, 0.2) is 146 Å². The van der Waals surface area contributed by atoms with E-state index in [0.29, 0.717) is 40.5 Å². The lowest BCUT2D eigenvalue weighted by molar-refractivity contribution is -0.147. The molecule has 0 atom stereocenters. The molecule has 7 rings (SSSR count). The number of unbranched alkanes of at least 4 members (excludes halogenated alkanes) is 8. The van der Waals surface area contributed by atoms with E-state index in [1.807, 2.05) is 55.5 Å². The molecule has 1 heterocycles. The maximum Gasteiger partial charge on any atom is 0.343 e. The van der Waals surface area contributed by atoms with E-state index in [1.54, 1.807) is 55.6 Å². The highest BCUT2D eigenvalue weighted by atomic mass is 16.6. The minimum absolute atomic E-state index is 0.0757. The molecule has 1 saturated heterocycles. The second-order valence-corrected chi connectivity index (χ2v) is 19.5. The summed E-state index contributed by atoms with van der Waals surface area (Å²) in [7, 11) is 3.78. The van der Waals surface area contributed by atoms with Crippen molar-refractivity contribution < 1.29 is 61.9 Å². The fraction of sp³-hybridized carbons (Fsp3) is 0.354. The SMILES string of the molecule is CCCCCCCCc1ccc(C(=O)Oc2ccc(OC(=O)c3ccc(C)cc3)cc2)cc1.COCCCCCCOC(=O)CCC(=O)Oc1ccc(C(=O)Oc2ccc(C(=O)Oc3ccc(N4CCN(C)CC4)cc3)cc2)cc1. The number of carbonyl (C=O) groups is 6. The third-order valence-corrected chi connectivity index (χ3v) is 13.1. The fourth-order valence-corrected chi connectivity index (χ4v) is 8.30. The average molecular weight is 1090 g/mol. The number of benzene rings is 6. The second kappa shape index (κ2) is 33.3. The van der Waals surface area contributed by atoms with Crippen LogP contribution in [0.25, 0.3) is 0 Å². The Morgan fingerprint density at radius 2 is 0.787 bits per heavy atom. The summed E-state index contributed by atoms with van der Waals surface area (Å²) < 4.78 is 37.2. The minimum Gasteiger partial charge on any atom is -0.466 e. The van der Waals surface area contributed by atoms with Crippen LogP contribution in [0.4, 0.5) is 5.69 Å². The molecule has 422 valence electrons. The maximum atomic E-state index is 12.7. The Morgan fingerprint density at radius 1 is 0.412 bits per heavy atom. The molecule has 0 bridgehead atoms.